The monoisotopic (exact) mass is 348 g/mol. The molecule has 136 valence electrons. The van der Waals surface area contributed by atoms with Crippen LogP contribution < -0.4 is 15.5 Å². The summed E-state index contributed by atoms with van der Waals surface area (Å²) < 4.78 is 0. The van der Waals surface area contributed by atoms with Gasteiger partial charge < -0.3 is 15.5 Å². The van der Waals surface area contributed by atoms with Crippen LogP contribution in [0.3, 0.4) is 0 Å². The second-order valence-corrected chi connectivity index (χ2v) is 6.69. The topological polar surface area (TPSA) is 39.7 Å². The lowest BCUT2D eigenvalue weighted by Crippen LogP contribution is -2.38. The molecule has 4 nitrogen and oxygen atoms in total. The van der Waals surface area contributed by atoms with E-state index in [4.69, 9.17) is 0 Å². The smallest absolute Gasteiger partial charge is 0.191 e. The van der Waals surface area contributed by atoms with E-state index in [0.717, 1.165) is 25.6 Å². The van der Waals surface area contributed by atoms with Gasteiger partial charge in [-0.25, -0.2) is 0 Å². The van der Waals surface area contributed by atoms with E-state index >= 15 is 0 Å². The minimum atomic E-state index is 0.199. The average molecular weight is 348 g/mol. The van der Waals surface area contributed by atoms with E-state index in [1.54, 1.807) is 0 Å². The molecule has 0 saturated heterocycles. The van der Waals surface area contributed by atoms with Crippen molar-refractivity contribution in [2.24, 2.45) is 4.99 Å². The molecule has 2 aromatic carbocycles. The van der Waals surface area contributed by atoms with Crippen LogP contribution >= 0.6 is 0 Å². The summed E-state index contributed by atoms with van der Waals surface area (Å²) in [6, 6.07) is 17.3. The van der Waals surface area contributed by atoms with E-state index in [9.17, 15) is 0 Å². The number of nitrogens with zero attached hydrogens (tertiary/aromatic N) is 2. The third-order valence-electron chi connectivity index (χ3n) is 4.79. The maximum atomic E-state index is 4.37. The fourth-order valence-electron chi connectivity index (χ4n) is 3.29. The fraction of sp³-hybridized carbons (Fsp3) is 0.318. The highest BCUT2D eigenvalue weighted by molar-refractivity contribution is 5.80. The summed E-state index contributed by atoms with van der Waals surface area (Å²) in [6.07, 6.45) is 4.42. The summed E-state index contributed by atoms with van der Waals surface area (Å²) in [4.78, 5) is 6.73. The van der Waals surface area contributed by atoms with Crippen LogP contribution in [0.5, 0.6) is 0 Å². The molecule has 1 aliphatic heterocycles. The molecular weight excluding hydrogens is 320 g/mol. The van der Waals surface area contributed by atoms with Crippen molar-refractivity contribution in [1.29, 1.82) is 0 Å². The Labute approximate surface area is 156 Å². The number of rotatable bonds is 5. The molecule has 1 aliphatic rings. The largest absolute Gasteiger partial charge is 0.364 e. The van der Waals surface area contributed by atoms with Crippen LogP contribution in [0.1, 0.15) is 29.7 Å². The van der Waals surface area contributed by atoms with Gasteiger partial charge in [-0.15, -0.1) is 0 Å². The van der Waals surface area contributed by atoms with Crippen molar-refractivity contribution >= 4 is 11.6 Å². The molecule has 1 unspecified atom stereocenters. The summed E-state index contributed by atoms with van der Waals surface area (Å²) in [5.41, 5.74) is 5.10. The van der Waals surface area contributed by atoms with Gasteiger partial charge in [-0.05, 0) is 42.7 Å². The Hall–Kier alpha value is -2.75. The van der Waals surface area contributed by atoms with Gasteiger partial charge in [0.15, 0.2) is 5.96 Å². The lowest BCUT2D eigenvalue weighted by atomic mass is 10.0. The zero-order chi connectivity index (χ0) is 18.4. The second-order valence-electron chi connectivity index (χ2n) is 6.69. The summed E-state index contributed by atoms with van der Waals surface area (Å²) in [7, 11) is 1.81. The van der Waals surface area contributed by atoms with E-state index in [2.05, 4.69) is 95.1 Å². The molecule has 0 aromatic heterocycles. The van der Waals surface area contributed by atoms with E-state index in [1.807, 2.05) is 7.05 Å². The summed E-state index contributed by atoms with van der Waals surface area (Å²) in [5, 5.41) is 6.91. The van der Waals surface area contributed by atoms with Crippen LogP contribution in [0.25, 0.3) is 0 Å². The molecule has 0 radical (unpaired) electrons. The number of nitrogens with one attached hydrogen (secondary N) is 2. The highest BCUT2D eigenvalue weighted by Gasteiger charge is 2.11. The molecular formula is C22H28N4. The van der Waals surface area contributed by atoms with Crippen molar-refractivity contribution in [3.05, 3.63) is 77.4 Å². The van der Waals surface area contributed by atoms with Crippen LogP contribution in [0, 0.1) is 6.92 Å². The highest BCUT2D eigenvalue weighted by Crippen LogP contribution is 2.19. The van der Waals surface area contributed by atoms with Crippen molar-refractivity contribution in [1.82, 2.24) is 10.6 Å². The Kier molecular flexibility index (Phi) is 5.95. The molecule has 4 heteroatoms. The Morgan fingerprint density at radius 2 is 1.88 bits per heavy atom. The number of hydrogen-bond donors (Lipinski definition) is 2. The van der Waals surface area contributed by atoms with Crippen molar-refractivity contribution in [3.63, 3.8) is 0 Å². The minimum Gasteiger partial charge on any atom is -0.364 e. The molecule has 0 saturated carbocycles. The van der Waals surface area contributed by atoms with Gasteiger partial charge in [-0.2, -0.15) is 0 Å². The molecule has 0 amide bonds. The highest BCUT2D eigenvalue weighted by atomic mass is 15.2. The summed E-state index contributed by atoms with van der Waals surface area (Å²) in [6.45, 7) is 7.04. The lowest BCUT2D eigenvalue weighted by molar-refractivity contribution is 0.681. The number of anilines is 1. The fourth-order valence-corrected chi connectivity index (χ4v) is 3.29. The standard InChI is InChI=1S/C22H28N4/c1-17-9-4-5-12-21(17)18(2)25-22(23-3)24-16-19-10-8-11-20(15-19)26-13-6-7-14-26/h4-12,15,18H,13-14,16H2,1-3H3,(H2,23,24,25). The molecule has 0 bridgehead atoms. The predicted molar refractivity (Wildman–Crippen MR) is 111 cm³/mol. The molecule has 26 heavy (non-hydrogen) atoms. The van der Waals surface area contributed by atoms with Crippen molar-refractivity contribution < 1.29 is 0 Å². The van der Waals surface area contributed by atoms with Gasteiger partial charge >= 0.3 is 0 Å². The first-order chi connectivity index (χ1) is 12.7. The van der Waals surface area contributed by atoms with Crippen molar-refractivity contribution in [2.75, 3.05) is 25.0 Å². The Morgan fingerprint density at radius 1 is 1.12 bits per heavy atom. The third kappa shape index (κ3) is 4.45. The van der Waals surface area contributed by atoms with Gasteiger partial charge in [-0.1, -0.05) is 48.6 Å². The molecule has 1 atom stereocenters. The Balaban J connectivity index is 1.59. The SMILES string of the molecule is CN=C(NCc1cccc(N2CC=CC2)c1)NC(C)c1ccccc1C. The quantitative estimate of drug-likeness (QED) is 0.490. The molecule has 0 fully saturated rings. The third-order valence-corrected chi connectivity index (χ3v) is 4.79. The molecule has 0 aliphatic carbocycles. The van der Waals surface area contributed by atoms with Crippen LogP contribution in [0.15, 0.2) is 65.7 Å². The first kappa shape index (κ1) is 18.1. The van der Waals surface area contributed by atoms with Crippen LogP contribution in [0.4, 0.5) is 5.69 Å². The van der Waals surface area contributed by atoms with Gasteiger partial charge in [0.25, 0.3) is 0 Å². The van der Waals surface area contributed by atoms with E-state index < -0.39 is 0 Å². The average Bonchev–Trinajstić information content (AvgIpc) is 3.20. The molecule has 3 rings (SSSR count). The molecule has 0 spiro atoms. The molecule has 1 heterocycles. The molecule has 2 N–H and O–H groups in total. The number of aliphatic imine (C=N–C) groups is 1. The van der Waals surface area contributed by atoms with Gasteiger partial charge in [0.1, 0.15) is 0 Å². The lowest BCUT2D eigenvalue weighted by Gasteiger charge is -2.21. The summed E-state index contributed by atoms with van der Waals surface area (Å²) in [5.74, 6) is 0.814. The van der Waals surface area contributed by atoms with Gasteiger partial charge in [-0.3, -0.25) is 4.99 Å². The van der Waals surface area contributed by atoms with E-state index in [0.29, 0.717) is 0 Å². The van der Waals surface area contributed by atoms with Gasteiger partial charge in [0.05, 0.1) is 6.04 Å². The van der Waals surface area contributed by atoms with Crippen molar-refractivity contribution in [3.8, 4) is 0 Å². The first-order valence-corrected chi connectivity index (χ1v) is 9.19. The van der Waals surface area contributed by atoms with Gasteiger partial charge in [0.2, 0.25) is 0 Å². The zero-order valence-electron chi connectivity index (χ0n) is 15.9. The second kappa shape index (κ2) is 8.56. The van der Waals surface area contributed by atoms with Crippen molar-refractivity contribution in [2.45, 2.75) is 26.4 Å². The van der Waals surface area contributed by atoms with Gasteiger partial charge in [0, 0.05) is 32.4 Å². The van der Waals surface area contributed by atoms with E-state index in [-0.39, 0.29) is 6.04 Å². The normalized spacial score (nSPS) is 15.2. The predicted octanol–water partition coefficient (Wildman–Crippen LogP) is 3.80. The minimum absolute atomic E-state index is 0.199. The Bertz CT molecular complexity index is 786. The van der Waals surface area contributed by atoms with Crippen LogP contribution in [-0.2, 0) is 6.54 Å². The molecule has 2 aromatic rings. The van der Waals surface area contributed by atoms with Crippen LogP contribution in [-0.4, -0.2) is 26.1 Å². The zero-order valence-corrected chi connectivity index (χ0v) is 15.9. The first-order valence-electron chi connectivity index (χ1n) is 9.19. The number of benzene rings is 2. The van der Waals surface area contributed by atoms with E-state index in [1.165, 1.54) is 22.4 Å². The Morgan fingerprint density at radius 3 is 2.62 bits per heavy atom. The maximum absolute atomic E-state index is 4.37. The summed E-state index contributed by atoms with van der Waals surface area (Å²) >= 11 is 0. The number of guanidine groups is 1. The number of hydrogen-bond acceptors (Lipinski definition) is 2. The maximum Gasteiger partial charge on any atom is 0.191 e. The number of aryl methyl sites for hydroxylation is 1. The van der Waals surface area contributed by atoms with Crippen LogP contribution in [0.2, 0.25) is 0 Å².